The summed E-state index contributed by atoms with van der Waals surface area (Å²) in [6.45, 7) is 0.427. The van der Waals surface area contributed by atoms with E-state index in [9.17, 15) is 13.2 Å². The lowest BCUT2D eigenvalue weighted by molar-refractivity contribution is -0.141. The van der Waals surface area contributed by atoms with E-state index in [4.69, 9.17) is 9.84 Å². The fraction of sp³-hybridized carbons (Fsp3) is 0.556. The van der Waals surface area contributed by atoms with Gasteiger partial charge in [0, 0.05) is 13.1 Å². The van der Waals surface area contributed by atoms with Gasteiger partial charge in [0.25, 0.3) is 10.0 Å². The van der Waals surface area contributed by atoms with Gasteiger partial charge >= 0.3 is 5.97 Å². The van der Waals surface area contributed by atoms with E-state index >= 15 is 0 Å². The zero-order valence-electron chi connectivity index (χ0n) is 9.44. The van der Waals surface area contributed by atoms with E-state index in [1.165, 1.54) is 16.8 Å². The molecule has 9 heteroatoms. The predicted molar refractivity (Wildman–Crippen MR) is 59.3 cm³/mol. The second kappa shape index (κ2) is 5.04. The van der Waals surface area contributed by atoms with Crippen LogP contribution in [0, 0.1) is 0 Å². The van der Waals surface area contributed by atoms with Crippen LogP contribution >= 0.6 is 0 Å². The number of rotatable bonds is 4. The Kier molecular flexibility index (Phi) is 3.64. The number of morpholine rings is 1. The van der Waals surface area contributed by atoms with Gasteiger partial charge in [-0.1, -0.05) is 0 Å². The van der Waals surface area contributed by atoms with E-state index in [1.807, 2.05) is 0 Å². The van der Waals surface area contributed by atoms with Gasteiger partial charge in [-0.3, -0.25) is 4.79 Å². The molecule has 1 aliphatic rings. The van der Waals surface area contributed by atoms with Crippen LogP contribution in [0.2, 0.25) is 0 Å². The van der Waals surface area contributed by atoms with Gasteiger partial charge < -0.3 is 14.8 Å². The molecule has 0 amide bonds. The zero-order valence-corrected chi connectivity index (χ0v) is 10.3. The van der Waals surface area contributed by atoms with Crippen LogP contribution in [-0.2, 0) is 19.6 Å². The number of imidazole rings is 1. The van der Waals surface area contributed by atoms with Crippen LogP contribution in [0.3, 0.4) is 0 Å². The first kappa shape index (κ1) is 13.0. The van der Waals surface area contributed by atoms with Crippen LogP contribution in [0.25, 0.3) is 0 Å². The number of carboxylic acid groups (broad SMARTS) is 1. The molecule has 0 spiro atoms. The topological polar surface area (TPSA) is 113 Å². The van der Waals surface area contributed by atoms with Crippen LogP contribution in [0.5, 0.6) is 0 Å². The molecule has 2 N–H and O–H groups in total. The molecule has 1 saturated heterocycles. The van der Waals surface area contributed by atoms with E-state index < -0.39 is 22.1 Å². The first-order valence-corrected chi connectivity index (χ1v) is 6.76. The minimum atomic E-state index is -3.65. The molecule has 1 fully saturated rings. The van der Waals surface area contributed by atoms with Crippen LogP contribution in [0.15, 0.2) is 17.6 Å². The summed E-state index contributed by atoms with van der Waals surface area (Å²) in [5.74, 6) is -1.01. The molecule has 1 atom stereocenters. The van der Waals surface area contributed by atoms with Crippen molar-refractivity contribution in [2.45, 2.75) is 17.6 Å². The average Bonchev–Trinajstić information content (AvgIpc) is 2.82. The van der Waals surface area contributed by atoms with Crippen molar-refractivity contribution in [1.29, 1.82) is 0 Å². The van der Waals surface area contributed by atoms with Gasteiger partial charge in [-0.25, -0.2) is 13.4 Å². The number of aromatic nitrogens is 2. The summed E-state index contributed by atoms with van der Waals surface area (Å²) in [5.41, 5.74) is 0. The van der Waals surface area contributed by atoms with Gasteiger partial charge in [0.05, 0.1) is 31.7 Å². The van der Waals surface area contributed by atoms with Crippen LogP contribution in [-0.4, -0.2) is 59.6 Å². The molecule has 0 aliphatic carbocycles. The van der Waals surface area contributed by atoms with Crippen molar-refractivity contribution in [1.82, 2.24) is 14.3 Å². The quantitative estimate of drug-likeness (QED) is 0.749. The summed E-state index contributed by atoms with van der Waals surface area (Å²) in [6, 6.07) is 0. The Morgan fingerprint density at radius 3 is 3.06 bits per heavy atom. The summed E-state index contributed by atoms with van der Waals surface area (Å²) in [4.78, 5) is 16.8. The highest BCUT2D eigenvalue weighted by atomic mass is 32.2. The Morgan fingerprint density at radius 2 is 2.44 bits per heavy atom. The highest BCUT2D eigenvalue weighted by Gasteiger charge is 2.32. The van der Waals surface area contributed by atoms with Gasteiger partial charge in [-0.15, -0.1) is 0 Å². The third kappa shape index (κ3) is 2.68. The Labute approximate surface area is 104 Å². The van der Waals surface area contributed by atoms with Crippen LogP contribution < -0.4 is 0 Å². The second-order valence-electron chi connectivity index (χ2n) is 3.87. The maximum absolute atomic E-state index is 12.1. The SMILES string of the molecule is O=C(O)CC1CN(S(=O)(=O)c2cnc[nH]2)CCO1. The molecule has 1 unspecified atom stereocenters. The fourth-order valence-electron chi connectivity index (χ4n) is 1.75. The van der Waals surface area contributed by atoms with E-state index in [2.05, 4.69) is 9.97 Å². The van der Waals surface area contributed by atoms with Crippen molar-refractivity contribution >= 4 is 16.0 Å². The molecule has 0 aromatic carbocycles. The number of aromatic amines is 1. The molecule has 1 aromatic rings. The van der Waals surface area contributed by atoms with Crippen molar-refractivity contribution in [3.63, 3.8) is 0 Å². The number of nitrogens with one attached hydrogen (secondary N) is 1. The summed E-state index contributed by atoms with van der Waals surface area (Å²) < 4.78 is 30.7. The highest BCUT2D eigenvalue weighted by molar-refractivity contribution is 7.89. The third-order valence-corrected chi connectivity index (χ3v) is 4.39. The second-order valence-corrected chi connectivity index (χ2v) is 5.78. The number of H-pyrrole nitrogens is 1. The standard InChI is InChI=1S/C9H13N3O5S/c13-9(14)3-7-5-12(1-2-17-7)18(15,16)8-4-10-6-11-8/h4,6-7H,1-3,5H2,(H,10,11)(H,13,14). The highest BCUT2D eigenvalue weighted by Crippen LogP contribution is 2.17. The molecular weight excluding hydrogens is 262 g/mol. The molecule has 18 heavy (non-hydrogen) atoms. The lowest BCUT2D eigenvalue weighted by Gasteiger charge is -2.30. The number of hydrogen-bond donors (Lipinski definition) is 2. The molecule has 0 bridgehead atoms. The number of hydrogen-bond acceptors (Lipinski definition) is 5. The van der Waals surface area contributed by atoms with Crippen molar-refractivity contribution in [3.8, 4) is 0 Å². The van der Waals surface area contributed by atoms with Crippen molar-refractivity contribution in [2.75, 3.05) is 19.7 Å². The summed E-state index contributed by atoms with van der Waals surface area (Å²) in [7, 11) is -3.65. The van der Waals surface area contributed by atoms with Gasteiger partial charge in [0.1, 0.15) is 0 Å². The van der Waals surface area contributed by atoms with Crippen molar-refractivity contribution < 1.29 is 23.1 Å². The minimum absolute atomic E-state index is 0.00141. The van der Waals surface area contributed by atoms with Gasteiger partial charge in [0.2, 0.25) is 0 Å². The lowest BCUT2D eigenvalue weighted by atomic mass is 10.2. The largest absolute Gasteiger partial charge is 0.481 e. The zero-order chi connectivity index (χ0) is 13.2. The Balaban J connectivity index is 2.11. The van der Waals surface area contributed by atoms with E-state index in [-0.39, 0.29) is 31.1 Å². The van der Waals surface area contributed by atoms with Crippen molar-refractivity contribution in [2.24, 2.45) is 0 Å². The van der Waals surface area contributed by atoms with Gasteiger partial charge in [-0.2, -0.15) is 4.31 Å². The predicted octanol–water partition coefficient (Wildman–Crippen LogP) is -0.726. The average molecular weight is 275 g/mol. The summed E-state index contributed by atoms with van der Waals surface area (Å²) >= 11 is 0. The Hall–Kier alpha value is -1.45. The molecule has 1 aliphatic heterocycles. The monoisotopic (exact) mass is 275 g/mol. The molecule has 0 radical (unpaired) electrons. The molecule has 0 saturated carbocycles. The van der Waals surface area contributed by atoms with Crippen LogP contribution in [0.1, 0.15) is 6.42 Å². The Bertz CT molecular complexity index is 512. The summed E-state index contributed by atoms with van der Waals surface area (Å²) in [6.07, 6.45) is 1.67. The molecule has 100 valence electrons. The Morgan fingerprint density at radius 1 is 1.67 bits per heavy atom. The molecule has 8 nitrogen and oxygen atoms in total. The number of carbonyl (C=O) groups is 1. The summed E-state index contributed by atoms with van der Waals surface area (Å²) in [5, 5.41) is 8.67. The number of nitrogens with zero attached hydrogens (tertiary/aromatic N) is 2. The maximum atomic E-state index is 12.1. The van der Waals surface area contributed by atoms with Gasteiger partial charge in [0.15, 0.2) is 5.03 Å². The van der Waals surface area contributed by atoms with Gasteiger partial charge in [-0.05, 0) is 0 Å². The fourth-order valence-corrected chi connectivity index (χ4v) is 3.10. The van der Waals surface area contributed by atoms with E-state index in [1.54, 1.807) is 0 Å². The normalized spacial score (nSPS) is 21.9. The van der Waals surface area contributed by atoms with Crippen LogP contribution in [0.4, 0.5) is 0 Å². The van der Waals surface area contributed by atoms with Crippen molar-refractivity contribution in [3.05, 3.63) is 12.5 Å². The maximum Gasteiger partial charge on any atom is 0.306 e. The molecule has 2 heterocycles. The minimum Gasteiger partial charge on any atom is -0.481 e. The van der Waals surface area contributed by atoms with E-state index in [0.717, 1.165) is 0 Å². The molecule has 1 aromatic heterocycles. The number of carboxylic acids is 1. The third-order valence-electron chi connectivity index (χ3n) is 2.59. The number of ether oxygens (including phenoxy) is 1. The smallest absolute Gasteiger partial charge is 0.306 e. The first-order chi connectivity index (χ1) is 8.50. The van der Waals surface area contributed by atoms with E-state index in [0.29, 0.717) is 0 Å². The molecule has 2 rings (SSSR count). The first-order valence-electron chi connectivity index (χ1n) is 5.32. The number of sulfonamides is 1. The lowest BCUT2D eigenvalue weighted by Crippen LogP contribution is -2.46. The number of aliphatic carboxylic acids is 1. The molecular formula is C9H13N3O5S.